The van der Waals surface area contributed by atoms with Crippen LogP contribution in [0.25, 0.3) is 0 Å². The highest BCUT2D eigenvalue weighted by Crippen LogP contribution is 2.52. The number of benzene rings is 2. The Morgan fingerprint density at radius 3 is 2.48 bits per heavy atom. The van der Waals surface area contributed by atoms with Crippen molar-refractivity contribution in [3.8, 4) is 11.5 Å². The fourth-order valence-electron chi connectivity index (χ4n) is 5.29. The summed E-state index contributed by atoms with van der Waals surface area (Å²) in [6.07, 6.45) is -1.45. The molecule has 2 aromatic carbocycles. The second-order valence-electron chi connectivity index (χ2n) is 8.68. The molecule has 2 saturated heterocycles. The van der Waals surface area contributed by atoms with E-state index in [1.807, 2.05) is 0 Å². The van der Waals surface area contributed by atoms with Gasteiger partial charge in [0.2, 0.25) is 11.8 Å². The second kappa shape index (κ2) is 7.57. The number of para-hydroxylation sites is 1. The molecule has 5 atom stereocenters. The molecule has 0 saturated carbocycles. The van der Waals surface area contributed by atoms with Crippen LogP contribution in [0.4, 0.5) is 5.69 Å². The number of hydrogen-bond donors (Lipinski definition) is 3. The molecule has 0 radical (unpaired) electrons. The molecule has 5 rings (SSSR count). The van der Waals surface area contributed by atoms with Crippen molar-refractivity contribution in [3.63, 3.8) is 0 Å². The van der Waals surface area contributed by atoms with Crippen molar-refractivity contribution in [2.24, 2.45) is 11.8 Å². The number of rotatable bonds is 4. The molecule has 2 fully saturated rings. The number of aryl methyl sites for hydroxylation is 1. The Morgan fingerprint density at radius 2 is 1.82 bits per heavy atom. The largest absolute Gasteiger partial charge is 0.486 e. The zero-order chi connectivity index (χ0) is 23.5. The molecular weight excluding hydrogens is 428 g/mol. The monoisotopic (exact) mass is 452 g/mol. The fourth-order valence-corrected chi connectivity index (χ4v) is 5.29. The number of amides is 2. The Balaban J connectivity index is 1.65. The van der Waals surface area contributed by atoms with Gasteiger partial charge in [0.05, 0.1) is 23.6 Å². The first-order valence-corrected chi connectivity index (χ1v) is 10.8. The summed E-state index contributed by atoms with van der Waals surface area (Å²) in [5.41, 5.74) is -0.341. The molecule has 3 N–H and O–H groups in total. The molecule has 33 heavy (non-hydrogen) atoms. The number of carboxylic acid groups (broad SMARTS) is 1. The van der Waals surface area contributed by atoms with E-state index in [2.05, 4.69) is 5.32 Å². The second-order valence-corrected chi connectivity index (χ2v) is 8.68. The molecule has 3 aliphatic rings. The van der Waals surface area contributed by atoms with E-state index in [-0.39, 0.29) is 0 Å². The molecule has 2 amide bonds. The van der Waals surface area contributed by atoms with Crippen molar-refractivity contribution in [2.75, 3.05) is 18.1 Å². The number of hydrogen-bond acceptors (Lipinski definition) is 7. The van der Waals surface area contributed by atoms with Crippen molar-refractivity contribution in [3.05, 3.63) is 53.6 Å². The summed E-state index contributed by atoms with van der Waals surface area (Å²) in [6, 6.07) is 11.2. The molecule has 2 aromatic rings. The molecule has 9 nitrogen and oxygen atoms in total. The normalized spacial score (nSPS) is 29.2. The maximum atomic E-state index is 13.7. The summed E-state index contributed by atoms with van der Waals surface area (Å²) in [5.74, 6) is -3.82. The maximum Gasteiger partial charge on any atom is 0.327 e. The number of fused-ring (bicyclic) bond motifs is 2. The molecule has 0 aliphatic carbocycles. The minimum absolute atomic E-state index is 0.367. The number of nitrogens with zero attached hydrogens (tertiary/aromatic N) is 1. The molecule has 9 heteroatoms. The summed E-state index contributed by atoms with van der Waals surface area (Å²) in [5, 5.41) is 23.8. The highest BCUT2D eigenvalue weighted by atomic mass is 16.6. The van der Waals surface area contributed by atoms with Crippen LogP contribution in [0, 0.1) is 18.8 Å². The Kier molecular flexibility index (Phi) is 4.91. The number of ether oxygens (including phenoxy) is 2. The number of carbonyl (C=O) groups is 3. The predicted molar refractivity (Wildman–Crippen MR) is 116 cm³/mol. The van der Waals surface area contributed by atoms with E-state index in [9.17, 15) is 24.6 Å². The van der Waals surface area contributed by atoms with Gasteiger partial charge in [0.1, 0.15) is 13.2 Å². The quantitative estimate of drug-likeness (QED) is 0.595. The van der Waals surface area contributed by atoms with Crippen LogP contribution in [-0.4, -0.2) is 52.9 Å². The molecular formula is C24H24N2O7. The molecule has 0 bridgehead atoms. The number of aliphatic hydroxyl groups is 1. The molecule has 0 aromatic heterocycles. The number of imide groups is 1. The lowest BCUT2D eigenvalue weighted by Gasteiger charge is -2.33. The minimum atomic E-state index is -2.03. The van der Waals surface area contributed by atoms with E-state index >= 15 is 0 Å². The summed E-state index contributed by atoms with van der Waals surface area (Å²) in [6.45, 7) is 3.88. The minimum Gasteiger partial charge on any atom is -0.486 e. The number of aliphatic hydroxyl groups excluding tert-OH is 1. The lowest BCUT2D eigenvalue weighted by Crippen LogP contribution is -2.62. The van der Waals surface area contributed by atoms with Crippen LogP contribution < -0.4 is 19.7 Å². The van der Waals surface area contributed by atoms with Gasteiger partial charge in [0.15, 0.2) is 17.0 Å². The zero-order valence-electron chi connectivity index (χ0n) is 18.1. The van der Waals surface area contributed by atoms with Crippen LogP contribution in [0.2, 0.25) is 0 Å². The van der Waals surface area contributed by atoms with Crippen molar-refractivity contribution in [2.45, 2.75) is 31.5 Å². The third kappa shape index (κ3) is 2.96. The first-order chi connectivity index (χ1) is 15.8. The van der Waals surface area contributed by atoms with Crippen molar-refractivity contribution >= 4 is 23.5 Å². The third-order valence-electron chi connectivity index (χ3n) is 6.89. The maximum absolute atomic E-state index is 13.7. The molecule has 3 heterocycles. The van der Waals surface area contributed by atoms with Crippen molar-refractivity contribution < 1.29 is 34.1 Å². The average Bonchev–Trinajstić information content (AvgIpc) is 3.29. The smallest absolute Gasteiger partial charge is 0.327 e. The van der Waals surface area contributed by atoms with Crippen molar-refractivity contribution in [1.82, 2.24) is 5.32 Å². The van der Waals surface area contributed by atoms with Gasteiger partial charge in [-0.1, -0.05) is 24.3 Å². The molecule has 0 spiro atoms. The third-order valence-corrected chi connectivity index (χ3v) is 6.89. The summed E-state index contributed by atoms with van der Waals surface area (Å²) in [7, 11) is 0. The number of aliphatic carboxylic acids is 1. The van der Waals surface area contributed by atoms with Crippen LogP contribution >= 0.6 is 0 Å². The van der Waals surface area contributed by atoms with Crippen LogP contribution in [0.15, 0.2) is 42.5 Å². The van der Waals surface area contributed by atoms with Gasteiger partial charge in [-0.25, -0.2) is 4.90 Å². The Morgan fingerprint density at radius 1 is 1.12 bits per heavy atom. The Labute approximate surface area is 189 Å². The van der Waals surface area contributed by atoms with Crippen LogP contribution in [0.3, 0.4) is 0 Å². The first-order valence-electron chi connectivity index (χ1n) is 10.8. The van der Waals surface area contributed by atoms with Gasteiger partial charge in [-0.3, -0.25) is 19.7 Å². The van der Waals surface area contributed by atoms with Gasteiger partial charge in [-0.05, 0) is 43.2 Å². The summed E-state index contributed by atoms with van der Waals surface area (Å²) >= 11 is 0. The first kappa shape index (κ1) is 21.4. The van der Waals surface area contributed by atoms with E-state index < -0.39 is 47.3 Å². The van der Waals surface area contributed by atoms with Crippen molar-refractivity contribution in [1.29, 1.82) is 0 Å². The fraction of sp³-hybridized carbons (Fsp3) is 0.375. The van der Waals surface area contributed by atoms with E-state index in [0.717, 1.165) is 4.90 Å². The number of carbonyl (C=O) groups excluding carboxylic acids is 2. The lowest BCUT2D eigenvalue weighted by molar-refractivity contribution is -0.154. The summed E-state index contributed by atoms with van der Waals surface area (Å²) < 4.78 is 11.2. The van der Waals surface area contributed by atoms with Gasteiger partial charge in [0, 0.05) is 6.04 Å². The highest BCUT2D eigenvalue weighted by molar-refractivity contribution is 6.24. The van der Waals surface area contributed by atoms with Gasteiger partial charge < -0.3 is 19.7 Å². The van der Waals surface area contributed by atoms with E-state index in [4.69, 9.17) is 9.47 Å². The number of carboxylic acids is 1. The van der Waals surface area contributed by atoms with Gasteiger partial charge in [-0.2, -0.15) is 0 Å². The van der Waals surface area contributed by atoms with Crippen LogP contribution in [-0.2, 0) is 14.4 Å². The Hall–Kier alpha value is -3.43. The lowest BCUT2D eigenvalue weighted by atomic mass is 9.76. The Bertz CT molecular complexity index is 1160. The molecule has 5 unspecified atom stereocenters. The predicted octanol–water partition coefficient (Wildman–Crippen LogP) is 1.42. The summed E-state index contributed by atoms with van der Waals surface area (Å²) in [4.78, 5) is 40.9. The zero-order valence-corrected chi connectivity index (χ0v) is 18.1. The van der Waals surface area contributed by atoms with E-state index in [0.29, 0.717) is 41.5 Å². The SMILES string of the molecule is Cc1ccccc1N1C(=O)C2C(c3ccc4c(c3)OCCO4)NC(C(=O)O)(C(C)O)C2C1=O. The van der Waals surface area contributed by atoms with Gasteiger partial charge in [0.25, 0.3) is 0 Å². The molecule has 172 valence electrons. The van der Waals surface area contributed by atoms with Gasteiger partial charge >= 0.3 is 5.97 Å². The number of nitrogens with one attached hydrogen (secondary N) is 1. The standard InChI is InChI=1S/C24H24N2O7/c1-12-5-3-4-6-15(12)26-21(28)18-19(22(26)29)24(13(2)27,23(30)31)25-20(18)14-7-8-16-17(11-14)33-10-9-32-16/h3-8,11,13,18-20,25,27H,9-10H2,1-2H3,(H,30,31). The van der Waals surface area contributed by atoms with E-state index in [1.165, 1.54) is 6.92 Å². The van der Waals surface area contributed by atoms with Crippen LogP contribution in [0.5, 0.6) is 11.5 Å². The highest BCUT2D eigenvalue weighted by Gasteiger charge is 2.70. The molecule has 3 aliphatic heterocycles. The van der Waals surface area contributed by atoms with E-state index in [1.54, 1.807) is 49.4 Å². The average molecular weight is 452 g/mol. The number of anilines is 1. The van der Waals surface area contributed by atoms with Gasteiger partial charge in [-0.15, -0.1) is 0 Å². The van der Waals surface area contributed by atoms with Crippen LogP contribution in [0.1, 0.15) is 24.1 Å². The topological polar surface area (TPSA) is 125 Å².